The summed E-state index contributed by atoms with van der Waals surface area (Å²) in [6.45, 7) is 2.95. The van der Waals surface area contributed by atoms with Crippen molar-refractivity contribution in [2.45, 2.75) is 20.0 Å². The highest BCUT2D eigenvalue weighted by molar-refractivity contribution is 7.09. The van der Waals surface area contributed by atoms with Gasteiger partial charge in [0.2, 0.25) is 0 Å². The number of hydrogen-bond donors (Lipinski definition) is 0. The number of carbonyl (C=O) groups excluding carboxylic acids is 1. The van der Waals surface area contributed by atoms with Gasteiger partial charge in [-0.1, -0.05) is 18.2 Å². The van der Waals surface area contributed by atoms with Gasteiger partial charge in [-0.2, -0.15) is 4.52 Å². The quantitative estimate of drug-likeness (QED) is 0.436. The van der Waals surface area contributed by atoms with Gasteiger partial charge in [0.15, 0.2) is 5.65 Å². The van der Waals surface area contributed by atoms with Crippen molar-refractivity contribution in [3.63, 3.8) is 0 Å². The third-order valence-corrected chi connectivity index (χ3v) is 5.86. The van der Waals surface area contributed by atoms with Crippen molar-refractivity contribution in [3.05, 3.63) is 87.9 Å². The minimum Gasteiger partial charge on any atom is -0.329 e. The van der Waals surface area contributed by atoms with Gasteiger partial charge < -0.3 is 4.90 Å². The number of aromatic nitrogens is 5. The number of carbonyl (C=O) groups is 1. The third-order valence-electron chi connectivity index (χ3n) is 5.00. The van der Waals surface area contributed by atoms with Crippen LogP contribution in [0, 0.1) is 6.92 Å². The molecule has 0 unspecified atom stereocenters. The van der Waals surface area contributed by atoms with Crippen LogP contribution in [-0.2, 0) is 13.1 Å². The number of rotatable bonds is 5. The van der Waals surface area contributed by atoms with Gasteiger partial charge in [0.25, 0.3) is 5.91 Å². The Morgan fingerprint density at radius 3 is 2.77 bits per heavy atom. The Morgan fingerprint density at radius 1 is 1.10 bits per heavy atom. The summed E-state index contributed by atoms with van der Waals surface area (Å²) in [6, 6.07) is 15.8. The highest BCUT2D eigenvalue weighted by atomic mass is 32.1. The van der Waals surface area contributed by atoms with Gasteiger partial charge in [0.05, 0.1) is 18.6 Å². The highest BCUT2D eigenvalue weighted by Gasteiger charge is 2.20. The fourth-order valence-electron chi connectivity index (χ4n) is 3.55. The predicted octanol–water partition coefficient (Wildman–Crippen LogP) is 3.89. The molecule has 0 radical (unpaired) electrons. The summed E-state index contributed by atoms with van der Waals surface area (Å²) in [6.07, 6.45) is 3.27. The van der Waals surface area contributed by atoms with Gasteiger partial charge in [0.1, 0.15) is 0 Å². The van der Waals surface area contributed by atoms with E-state index in [1.807, 2.05) is 29.3 Å². The Hall–Kier alpha value is -3.65. The Labute approximate surface area is 176 Å². The molecular formula is C22H18N6OS. The molecular weight excluding hydrogens is 396 g/mol. The second-order valence-electron chi connectivity index (χ2n) is 7.12. The van der Waals surface area contributed by atoms with Crippen LogP contribution in [0.1, 0.15) is 26.4 Å². The van der Waals surface area contributed by atoms with Crippen molar-refractivity contribution >= 4 is 33.8 Å². The van der Waals surface area contributed by atoms with Gasteiger partial charge >= 0.3 is 0 Å². The van der Waals surface area contributed by atoms with Crippen LogP contribution in [0.3, 0.4) is 0 Å². The summed E-state index contributed by atoms with van der Waals surface area (Å²) in [7, 11) is 0. The lowest BCUT2D eigenvalue weighted by Crippen LogP contribution is -2.30. The molecule has 0 fully saturated rings. The zero-order valence-corrected chi connectivity index (χ0v) is 17.1. The van der Waals surface area contributed by atoms with Crippen LogP contribution in [0.25, 0.3) is 16.6 Å². The summed E-state index contributed by atoms with van der Waals surface area (Å²) in [5.41, 5.74) is 4.25. The Bertz CT molecular complexity index is 1330. The molecule has 8 heteroatoms. The number of fused-ring (bicyclic) bond motifs is 3. The van der Waals surface area contributed by atoms with Crippen LogP contribution in [-0.4, -0.2) is 35.8 Å². The zero-order chi connectivity index (χ0) is 20.5. The smallest absolute Gasteiger partial charge is 0.254 e. The number of nitrogens with zero attached hydrogens (tertiary/aromatic N) is 6. The van der Waals surface area contributed by atoms with Crippen LogP contribution < -0.4 is 0 Å². The summed E-state index contributed by atoms with van der Waals surface area (Å²) in [4.78, 5) is 20.3. The van der Waals surface area contributed by atoms with E-state index in [4.69, 9.17) is 0 Å². The molecule has 5 aromatic rings. The van der Waals surface area contributed by atoms with Gasteiger partial charge in [-0.15, -0.1) is 16.4 Å². The molecule has 7 nitrogen and oxygen atoms in total. The minimum atomic E-state index is -0.0552. The van der Waals surface area contributed by atoms with E-state index < -0.39 is 0 Å². The molecule has 4 heterocycles. The molecule has 0 saturated carbocycles. The molecule has 5 rings (SSSR count). The molecule has 0 N–H and O–H groups in total. The number of pyridine rings is 2. The van der Waals surface area contributed by atoms with E-state index in [0.717, 1.165) is 26.9 Å². The average molecular weight is 414 g/mol. The first-order valence-electron chi connectivity index (χ1n) is 9.51. The first kappa shape index (κ1) is 18.4. The van der Waals surface area contributed by atoms with E-state index in [-0.39, 0.29) is 5.91 Å². The summed E-state index contributed by atoms with van der Waals surface area (Å²) < 4.78 is 1.75. The van der Waals surface area contributed by atoms with E-state index in [2.05, 4.69) is 44.8 Å². The normalized spacial score (nSPS) is 11.2. The van der Waals surface area contributed by atoms with Crippen molar-refractivity contribution in [2.24, 2.45) is 0 Å². The fourth-order valence-corrected chi connectivity index (χ4v) is 4.27. The predicted molar refractivity (Wildman–Crippen MR) is 115 cm³/mol. The third kappa shape index (κ3) is 3.42. The maximum absolute atomic E-state index is 13.3. The van der Waals surface area contributed by atoms with Gasteiger partial charge in [0, 0.05) is 33.8 Å². The van der Waals surface area contributed by atoms with Crippen LogP contribution in [0.15, 0.2) is 66.3 Å². The first-order valence-corrected chi connectivity index (χ1v) is 10.4. The van der Waals surface area contributed by atoms with Crippen molar-refractivity contribution in [2.75, 3.05) is 0 Å². The standard InChI is InChI=1S/C22H18N6OS/c1-15-4-5-17-12-18(21-24-25-26-28(21)20(17)11-15)13-27(14-19-3-2-10-30-19)22(29)16-6-8-23-9-7-16/h2-12H,13-14H2,1H3. The van der Waals surface area contributed by atoms with E-state index >= 15 is 0 Å². The van der Waals surface area contributed by atoms with Crippen LogP contribution in [0.5, 0.6) is 0 Å². The minimum absolute atomic E-state index is 0.0552. The Kier molecular flexibility index (Phi) is 4.68. The highest BCUT2D eigenvalue weighted by Crippen LogP contribution is 2.23. The first-order chi connectivity index (χ1) is 14.7. The molecule has 0 aliphatic carbocycles. The topological polar surface area (TPSA) is 76.3 Å². The molecule has 148 valence electrons. The van der Waals surface area contributed by atoms with Gasteiger partial charge in [-0.3, -0.25) is 9.78 Å². The summed E-state index contributed by atoms with van der Waals surface area (Å²) >= 11 is 1.63. The number of tetrazole rings is 1. The number of aryl methyl sites for hydroxylation is 1. The Morgan fingerprint density at radius 2 is 1.97 bits per heavy atom. The summed E-state index contributed by atoms with van der Waals surface area (Å²) in [5, 5.41) is 15.3. The maximum atomic E-state index is 13.3. The van der Waals surface area contributed by atoms with E-state index in [9.17, 15) is 4.79 Å². The van der Waals surface area contributed by atoms with Gasteiger partial charge in [-0.25, -0.2) is 0 Å². The second-order valence-corrected chi connectivity index (χ2v) is 8.15. The van der Waals surface area contributed by atoms with E-state index in [1.54, 1.807) is 40.4 Å². The monoisotopic (exact) mass is 414 g/mol. The average Bonchev–Trinajstić information content (AvgIpc) is 3.46. The molecule has 30 heavy (non-hydrogen) atoms. The molecule has 1 aromatic carbocycles. The zero-order valence-electron chi connectivity index (χ0n) is 16.3. The molecule has 1 amide bonds. The van der Waals surface area contributed by atoms with Crippen LogP contribution in [0.4, 0.5) is 0 Å². The van der Waals surface area contributed by atoms with E-state index in [0.29, 0.717) is 24.3 Å². The molecule has 0 spiro atoms. The number of benzene rings is 1. The molecule has 0 aliphatic heterocycles. The van der Waals surface area contributed by atoms with Crippen LogP contribution in [0.2, 0.25) is 0 Å². The molecule has 0 saturated heterocycles. The van der Waals surface area contributed by atoms with Crippen molar-refractivity contribution in [3.8, 4) is 0 Å². The maximum Gasteiger partial charge on any atom is 0.254 e. The van der Waals surface area contributed by atoms with Crippen molar-refractivity contribution < 1.29 is 4.79 Å². The molecule has 0 atom stereocenters. The lowest BCUT2D eigenvalue weighted by Gasteiger charge is -2.23. The second kappa shape index (κ2) is 7.64. The van der Waals surface area contributed by atoms with Crippen LogP contribution >= 0.6 is 11.3 Å². The number of amides is 1. The molecule has 0 bridgehead atoms. The fraction of sp³-hybridized carbons (Fsp3) is 0.136. The Balaban J connectivity index is 1.58. The lowest BCUT2D eigenvalue weighted by atomic mass is 10.1. The molecule has 4 aromatic heterocycles. The van der Waals surface area contributed by atoms with Crippen molar-refractivity contribution in [1.82, 2.24) is 29.9 Å². The lowest BCUT2D eigenvalue weighted by molar-refractivity contribution is 0.0732. The largest absolute Gasteiger partial charge is 0.329 e. The summed E-state index contributed by atoms with van der Waals surface area (Å²) in [5.74, 6) is -0.0552. The van der Waals surface area contributed by atoms with E-state index in [1.165, 1.54) is 0 Å². The number of thiophene rings is 1. The van der Waals surface area contributed by atoms with Crippen molar-refractivity contribution in [1.29, 1.82) is 0 Å². The molecule has 0 aliphatic rings. The number of hydrogen-bond acceptors (Lipinski definition) is 6. The van der Waals surface area contributed by atoms with Gasteiger partial charge in [-0.05, 0) is 58.6 Å². The SMILES string of the molecule is Cc1ccc2cc(CN(Cc3cccs3)C(=O)c3ccncc3)c3nnnn3c2c1.